The van der Waals surface area contributed by atoms with Gasteiger partial charge in [-0.2, -0.15) is 0 Å². The molecule has 0 bridgehead atoms. The molecule has 2 nitrogen and oxygen atoms in total. The fraction of sp³-hybridized carbons (Fsp3) is 0.571. The average Bonchev–Trinajstić information content (AvgIpc) is 2.31. The Hall–Kier alpha value is -1.09. The van der Waals surface area contributed by atoms with Crippen LogP contribution < -0.4 is 10.6 Å². The van der Waals surface area contributed by atoms with Crippen molar-refractivity contribution in [1.29, 1.82) is 0 Å². The molecule has 0 aliphatic rings. The van der Waals surface area contributed by atoms with Crippen LogP contribution in [0.3, 0.4) is 0 Å². The van der Waals surface area contributed by atoms with Gasteiger partial charge in [0, 0.05) is 18.6 Å². The molecule has 0 saturated carbocycles. The summed E-state index contributed by atoms with van der Waals surface area (Å²) in [4.78, 5) is 2.09. The fourth-order valence-corrected chi connectivity index (χ4v) is 2.11. The summed E-state index contributed by atoms with van der Waals surface area (Å²) in [7, 11) is 0. The SMILES string of the molecule is CCC(C)N(CC)c1c(F)cccc1[C@H](C)N. The fourth-order valence-electron chi connectivity index (χ4n) is 2.11. The lowest BCUT2D eigenvalue weighted by Gasteiger charge is -2.32. The monoisotopic (exact) mass is 238 g/mol. The lowest BCUT2D eigenvalue weighted by Crippen LogP contribution is -2.34. The zero-order valence-electron chi connectivity index (χ0n) is 11.2. The predicted molar refractivity (Wildman–Crippen MR) is 71.8 cm³/mol. The van der Waals surface area contributed by atoms with Gasteiger partial charge in [0.1, 0.15) is 5.82 Å². The molecule has 0 aliphatic carbocycles. The Morgan fingerprint density at radius 1 is 1.29 bits per heavy atom. The smallest absolute Gasteiger partial charge is 0.146 e. The Kier molecular flexibility index (Phi) is 4.94. The number of hydrogen-bond acceptors (Lipinski definition) is 2. The molecule has 2 N–H and O–H groups in total. The molecule has 3 heteroatoms. The molecule has 1 unspecified atom stereocenters. The molecule has 0 amide bonds. The number of para-hydroxylation sites is 1. The van der Waals surface area contributed by atoms with E-state index < -0.39 is 0 Å². The van der Waals surface area contributed by atoms with Crippen LogP contribution in [0.2, 0.25) is 0 Å². The Balaban J connectivity index is 3.26. The molecular formula is C14H23FN2. The molecule has 0 aromatic heterocycles. The maximum absolute atomic E-state index is 14.0. The molecule has 0 spiro atoms. The van der Waals surface area contributed by atoms with Crippen molar-refractivity contribution in [3.05, 3.63) is 29.6 Å². The quantitative estimate of drug-likeness (QED) is 0.851. The second kappa shape index (κ2) is 6.01. The third kappa shape index (κ3) is 2.97. The predicted octanol–water partition coefficient (Wildman–Crippen LogP) is 3.47. The third-order valence-electron chi connectivity index (χ3n) is 3.26. The van der Waals surface area contributed by atoms with Crippen LogP contribution in [0, 0.1) is 5.82 Å². The van der Waals surface area contributed by atoms with Gasteiger partial charge in [0.05, 0.1) is 5.69 Å². The summed E-state index contributed by atoms with van der Waals surface area (Å²) in [6.07, 6.45) is 0.987. The van der Waals surface area contributed by atoms with Gasteiger partial charge in [-0.05, 0) is 38.8 Å². The van der Waals surface area contributed by atoms with Crippen molar-refractivity contribution in [2.45, 2.75) is 46.2 Å². The first-order valence-corrected chi connectivity index (χ1v) is 6.33. The highest BCUT2D eigenvalue weighted by Gasteiger charge is 2.20. The van der Waals surface area contributed by atoms with Crippen molar-refractivity contribution in [3.63, 3.8) is 0 Å². The van der Waals surface area contributed by atoms with Crippen LogP contribution in [0.1, 0.15) is 45.7 Å². The number of benzene rings is 1. The normalized spacial score (nSPS) is 14.5. The van der Waals surface area contributed by atoms with Gasteiger partial charge < -0.3 is 10.6 Å². The van der Waals surface area contributed by atoms with Crippen molar-refractivity contribution in [3.8, 4) is 0 Å². The van der Waals surface area contributed by atoms with Crippen molar-refractivity contribution in [2.24, 2.45) is 5.73 Å². The van der Waals surface area contributed by atoms with Gasteiger partial charge in [0.25, 0.3) is 0 Å². The van der Waals surface area contributed by atoms with Crippen LogP contribution in [-0.2, 0) is 0 Å². The van der Waals surface area contributed by atoms with Gasteiger partial charge in [0.2, 0.25) is 0 Å². The first-order chi connectivity index (χ1) is 8.02. The topological polar surface area (TPSA) is 29.3 Å². The number of rotatable bonds is 5. The minimum Gasteiger partial charge on any atom is -0.366 e. The molecular weight excluding hydrogens is 215 g/mol. The standard InChI is InChI=1S/C14H23FN2/c1-5-10(3)17(6-2)14-12(11(4)16)8-7-9-13(14)15/h7-11H,5-6,16H2,1-4H3/t10?,11-/m0/s1. The molecule has 17 heavy (non-hydrogen) atoms. The number of anilines is 1. The van der Waals surface area contributed by atoms with E-state index in [4.69, 9.17) is 5.73 Å². The van der Waals surface area contributed by atoms with Crippen LogP contribution in [0.25, 0.3) is 0 Å². The highest BCUT2D eigenvalue weighted by Crippen LogP contribution is 2.30. The van der Waals surface area contributed by atoms with E-state index in [2.05, 4.69) is 18.7 Å². The third-order valence-corrected chi connectivity index (χ3v) is 3.26. The second-order valence-corrected chi connectivity index (χ2v) is 4.51. The summed E-state index contributed by atoms with van der Waals surface area (Å²) in [5, 5.41) is 0. The van der Waals surface area contributed by atoms with Crippen LogP contribution >= 0.6 is 0 Å². The van der Waals surface area contributed by atoms with Crippen LogP contribution in [0.4, 0.5) is 10.1 Å². The molecule has 1 aromatic carbocycles. The van der Waals surface area contributed by atoms with Gasteiger partial charge in [-0.25, -0.2) is 4.39 Å². The number of hydrogen-bond donors (Lipinski definition) is 1. The molecule has 96 valence electrons. The molecule has 1 rings (SSSR count). The molecule has 0 saturated heterocycles. The van der Waals surface area contributed by atoms with E-state index in [1.54, 1.807) is 6.07 Å². The van der Waals surface area contributed by atoms with Gasteiger partial charge in [0.15, 0.2) is 0 Å². The van der Waals surface area contributed by atoms with Crippen LogP contribution in [0.5, 0.6) is 0 Å². The Morgan fingerprint density at radius 3 is 2.41 bits per heavy atom. The number of nitrogens with two attached hydrogens (primary N) is 1. The molecule has 0 radical (unpaired) electrons. The average molecular weight is 238 g/mol. The number of nitrogens with zero attached hydrogens (tertiary/aromatic N) is 1. The van der Waals surface area contributed by atoms with E-state index in [-0.39, 0.29) is 11.9 Å². The van der Waals surface area contributed by atoms with Crippen molar-refractivity contribution in [2.75, 3.05) is 11.4 Å². The second-order valence-electron chi connectivity index (χ2n) is 4.51. The van der Waals surface area contributed by atoms with E-state index >= 15 is 0 Å². The van der Waals surface area contributed by atoms with Gasteiger partial charge >= 0.3 is 0 Å². The minimum absolute atomic E-state index is 0.154. The summed E-state index contributed by atoms with van der Waals surface area (Å²) in [5.74, 6) is -0.179. The lowest BCUT2D eigenvalue weighted by atomic mass is 10.0. The maximum Gasteiger partial charge on any atom is 0.146 e. The zero-order valence-corrected chi connectivity index (χ0v) is 11.2. The Labute approximate surface area is 104 Å². The van der Waals surface area contributed by atoms with Crippen LogP contribution in [-0.4, -0.2) is 12.6 Å². The van der Waals surface area contributed by atoms with Gasteiger partial charge in [-0.1, -0.05) is 19.1 Å². The first-order valence-electron chi connectivity index (χ1n) is 6.33. The number of halogens is 1. The molecule has 0 heterocycles. The van der Waals surface area contributed by atoms with E-state index in [1.807, 2.05) is 19.9 Å². The summed E-state index contributed by atoms with van der Waals surface area (Å²) in [6, 6.07) is 5.30. The molecule has 2 atom stereocenters. The summed E-state index contributed by atoms with van der Waals surface area (Å²) < 4.78 is 14.0. The van der Waals surface area contributed by atoms with E-state index in [0.29, 0.717) is 11.7 Å². The van der Waals surface area contributed by atoms with Gasteiger partial charge in [-0.3, -0.25) is 0 Å². The summed E-state index contributed by atoms with van der Waals surface area (Å²) in [6.45, 7) is 8.95. The largest absolute Gasteiger partial charge is 0.366 e. The van der Waals surface area contributed by atoms with Crippen LogP contribution in [0.15, 0.2) is 18.2 Å². The molecule has 1 aromatic rings. The van der Waals surface area contributed by atoms with E-state index in [1.165, 1.54) is 6.07 Å². The minimum atomic E-state index is -0.179. The van der Waals surface area contributed by atoms with E-state index in [0.717, 1.165) is 18.5 Å². The Morgan fingerprint density at radius 2 is 1.94 bits per heavy atom. The zero-order chi connectivity index (χ0) is 13.0. The molecule has 0 aliphatic heterocycles. The summed E-state index contributed by atoms with van der Waals surface area (Å²) >= 11 is 0. The first kappa shape index (κ1) is 14.0. The lowest BCUT2D eigenvalue weighted by molar-refractivity contribution is 0.576. The summed E-state index contributed by atoms with van der Waals surface area (Å²) in [5.41, 5.74) is 7.47. The Bertz CT molecular complexity index is 363. The van der Waals surface area contributed by atoms with Crippen molar-refractivity contribution < 1.29 is 4.39 Å². The van der Waals surface area contributed by atoms with Gasteiger partial charge in [-0.15, -0.1) is 0 Å². The van der Waals surface area contributed by atoms with Crippen molar-refractivity contribution >= 4 is 5.69 Å². The highest BCUT2D eigenvalue weighted by atomic mass is 19.1. The van der Waals surface area contributed by atoms with Crippen molar-refractivity contribution in [1.82, 2.24) is 0 Å². The maximum atomic E-state index is 14.0. The highest BCUT2D eigenvalue weighted by molar-refractivity contribution is 5.56. The van der Waals surface area contributed by atoms with E-state index in [9.17, 15) is 4.39 Å². The molecule has 0 fully saturated rings.